The first-order valence-electron chi connectivity index (χ1n) is 5.49. The summed E-state index contributed by atoms with van der Waals surface area (Å²) in [5, 5.41) is 1.78. The van der Waals surface area contributed by atoms with Gasteiger partial charge in [0.2, 0.25) is 0 Å². The monoisotopic (exact) mass is 275 g/mol. The molecule has 0 bridgehead atoms. The fourth-order valence-corrected chi connectivity index (χ4v) is 4.77. The molecule has 2 heterocycles. The summed E-state index contributed by atoms with van der Waals surface area (Å²) >= 11 is 1.25. The van der Waals surface area contributed by atoms with Gasteiger partial charge in [-0.15, -0.1) is 11.3 Å². The van der Waals surface area contributed by atoms with Crippen LogP contribution in [0.4, 0.5) is 0 Å². The van der Waals surface area contributed by atoms with Crippen molar-refractivity contribution in [3.63, 3.8) is 0 Å². The van der Waals surface area contributed by atoms with E-state index in [4.69, 9.17) is 5.73 Å². The van der Waals surface area contributed by atoms with Crippen LogP contribution >= 0.6 is 11.3 Å². The number of hydrogen-bond acceptors (Lipinski definition) is 5. The van der Waals surface area contributed by atoms with Crippen molar-refractivity contribution in [2.24, 2.45) is 5.73 Å². The van der Waals surface area contributed by atoms with Crippen LogP contribution in [-0.4, -0.2) is 56.9 Å². The third-order valence-electron chi connectivity index (χ3n) is 2.96. The average molecular weight is 275 g/mol. The summed E-state index contributed by atoms with van der Waals surface area (Å²) in [7, 11) is -1.37. The molecule has 0 radical (unpaired) electrons. The SMILES string of the molecule is CN1CCN(S(=O)(=O)c2cccs2)C(CN)C1. The molecule has 2 rings (SSSR count). The zero-order chi connectivity index (χ0) is 12.5. The van der Waals surface area contributed by atoms with Gasteiger partial charge in [-0.1, -0.05) is 6.07 Å². The summed E-state index contributed by atoms with van der Waals surface area (Å²) < 4.78 is 26.7. The highest BCUT2D eigenvalue weighted by molar-refractivity contribution is 7.91. The van der Waals surface area contributed by atoms with Crippen molar-refractivity contribution < 1.29 is 8.42 Å². The molecule has 1 atom stereocenters. The molecular weight excluding hydrogens is 258 g/mol. The first-order chi connectivity index (χ1) is 8.05. The molecule has 0 spiro atoms. The van der Waals surface area contributed by atoms with Crippen molar-refractivity contribution in [1.82, 2.24) is 9.21 Å². The molecule has 1 aliphatic rings. The standard InChI is InChI=1S/C10H17N3O2S2/c1-12-4-5-13(9(7-11)8-12)17(14,15)10-3-2-6-16-10/h2-3,6,9H,4-5,7-8,11H2,1H3. The highest BCUT2D eigenvalue weighted by Crippen LogP contribution is 2.24. The lowest BCUT2D eigenvalue weighted by atomic mass is 10.2. The van der Waals surface area contributed by atoms with Crippen molar-refractivity contribution in [3.8, 4) is 0 Å². The Morgan fingerprint density at radius 2 is 2.29 bits per heavy atom. The van der Waals surface area contributed by atoms with E-state index in [0.717, 1.165) is 6.54 Å². The Kier molecular flexibility index (Phi) is 3.84. The summed E-state index contributed by atoms with van der Waals surface area (Å²) in [6.45, 7) is 2.32. The summed E-state index contributed by atoms with van der Waals surface area (Å²) in [5.41, 5.74) is 5.68. The maximum absolute atomic E-state index is 12.4. The first kappa shape index (κ1) is 13.0. The van der Waals surface area contributed by atoms with Crippen LogP contribution in [0.1, 0.15) is 0 Å². The van der Waals surface area contributed by atoms with Crippen LogP contribution in [0.25, 0.3) is 0 Å². The molecule has 1 aromatic rings. The van der Waals surface area contributed by atoms with Crippen molar-refractivity contribution in [3.05, 3.63) is 17.5 Å². The largest absolute Gasteiger partial charge is 0.329 e. The Morgan fingerprint density at radius 1 is 1.53 bits per heavy atom. The molecule has 96 valence electrons. The molecule has 1 unspecified atom stereocenters. The van der Waals surface area contributed by atoms with Gasteiger partial charge < -0.3 is 10.6 Å². The maximum Gasteiger partial charge on any atom is 0.252 e. The van der Waals surface area contributed by atoms with Crippen molar-refractivity contribution >= 4 is 21.4 Å². The predicted octanol–water partition coefficient (Wildman–Crippen LogP) is 0.0115. The smallest absolute Gasteiger partial charge is 0.252 e. The lowest BCUT2D eigenvalue weighted by Gasteiger charge is -2.38. The molecule has 0 saturated carbocycles. The lowest BCUT2D eigenvalue weighted by molar-refractivity contribution is 0.164. The van der Waals surface area contributed by atoms with Crippen molar-refractivity contribution in [2.45, 2.75) is 10.3 Å². The van der Waals surface area contributed by atoms with E-state index in [1.165, 1.54) is 11.3 Å². The summed E-state index contributed by atoms with van der Waals surface area (Å²) in [4.78, 5) is 2.11. The molecule has 1 aromatic heterocycles. The summed E-state index contributed by atoms with van der Waals surface area (Å²) in [5.74, 6) is 0. The minimum atomic E-state index is -3.36. The van der Waals surface area contributed by atoms with Crippen molar-refractivity contribution in [1.29, 1.82) is 0 Å². The van der Waals surface area contributed by atoms with Crippen LogP contribution in [0.15, 0.2) is 21.7 Å². The molecule has 0 amide bonds. The van der Waals surface area contributed by atoms with E-state index in [0.29, 0.717) is 23.8 Å². The quantitative estimate of drug-likeness (QED) is 0.844. The molecular formula is C10H17N3O2S2. The number of nitrogens with two attached hydrogens (primary N) is 1. The number of hydrogen-bond donors (Lipinski definition) is 1. The predicted molar refractivity (Wildman–Crippen MR) is 68.6 cm³/mol. The fourth-order valence-electron chi connectivity index (χ4n) is 2.03. The molecule has 7 heteroatoms. The highest BCUT2D eigenvalue weighted by atomic mass is 32.2. The van der Waals surface area contributed by atoms with Gasteiger partial charge in [0.1, 0.15) is 4.21 Å². The van der Waals surface area contributed by atoms with Gasteiger partial charge in [-0.2, -0.15) is 4.31 Å². The van der Waals surface area contributed by atoms with Gasteiger partial charge in [-0.25, -0.2) is 8.42 Å². The Bertz CT molecular complexity index is 458. The Hall–Kier alpha value is -0.470. The van der Waals surface area contributed by atoms with Crippen LogP contribution in [0.2, 0.25) is 0 Å². The summed E-state index contributed by atoms with van der Waals surface area (Å²) in [6, 6.07) is 3.28. The minimum Gasteiger partial charge on any atom is -0.329 e. The average Bonchev–Trinajstić information content (AvgIpc) is 2.82. The van der Waals surface area contributed by atoms with Crippen molar-refractivity contribution in [2.75, 3.05) is 33.2 Å². The van der Waals surface area contributed by atoms with Crippen LogP contribution in [0.5, 0.6) is 0 Å². The number of piperazine rings is 1. The molecule has 1 aliphatic heterocycles. The zero-order valence-corrected chi connectivity index (χ0v) is 11.4. The topological polar surface area (TPSA) is 66.6 Å². The molecule has 1 saturated heterocycles. The van der Waals surface area contributed by atoms with Gasteiger partial charge in [-0.3, -0.25) is 0 Å². The first-order valence-corrected chi connectivity index (χ1v) is 7.81. The van der Waals surface area contributed by atoms with Gasteiger partial charge in [0, 0.05) is 26.2 Å². The molecule has 1 fully saturated rings. The zero-order valence-electron chi connectivity index (χ0n) is 9.74. The Morgan fingerprint density at radius 3 is 2.88 bits per heavy atom. The van der Waals surface area contributed by atoms with Gasteiger partial charge in [0.25, 0.3) is 10.0 Å². The van der Waals surface area contributed by atoms with Crippen LogP contribution < -0.4 is 5.73 Å². The van der Waals surface area contributed by atoms with Crippen LogP contribution in [-0.2, 0) is 10.0 Å². The van der Waals surface area contributed by atoms with Gasteiger partial charge in [0.05, 0.1) is 6.04 Å². The third kappa shape index (κ3) is 2.53. The molecule has 2 N–H and O–H groups in total. The number of thiophene rings is 1. The lowest BCUT2D eigenvalue weighted by Crippen LogP contribution is -2.56. The molecule has 5 nitrogen and oxygen atoms in total. The van der Waals surface area contributed by atoms with E-state index in [2.05, 4.69) is 4.90 Å². The number of rotatable bonds is 3. The maximum atomic E-state index is 12.4. The second-order valence-electron chi connectivity index (χ2n) is 4.20. The van der Waals surface area contributed by atoms with E-state index in [-0.39, 0.29) is 6.04 Å². The van der Waals surface area contributed by atoms with E-state index in [1.54, 1.807) is 21.8 Å². The number of likely N-dealkylation sites (N-methyl/N-ethyl adjacent to an activating group) is 1. The van der Waals surface area contributed by atoms with Gasteiger partial charge in [0.15, 0.2) is 0 Å². The second kappa shape index (κ2) is 5.03. The van der Waals surface area contributed by atoms with Crippen LogP contribution in [0.3, 0.4) is 0 Å². The van der Waals surface area contributed by atoms with Gasteiger partial charge >= 0.3 is 0 Å². The number of nitrogens with zero attached hydrogens (tertiary/aromatic N) is 2. The Balaban J connectivity index is 2.27. The molecule has 0 aromatic carbocycles. The van der Waals surface area contributed by atoms with E-state index >= 15 is 0 Å². The van der Waals surface area contributed by atoms with Gasteiger partial charge in [-0.05, 0) is 18.5 Å². The number of sulfonamides is 1. The minimum absolute atomic E-state index is 0.124. The normalized spacial score (nSPS) is 24.0. The second-order valence-corrected chi connectivity index (χ2v) is 7.26. The highest BCUT2D eigenvalue weighted by Gasteiger charge is 2.34. The van der Waals surface area contributed by atoms with E-state index in [9.17, 15) is 8.42 Å². The van der Waals surface area contributed by atoms with E-state index in [1.807, 2.05) is 7.05 Å². The molecule has 0 aliphatic carbocycles. The third-order valence-corrected chi connectivity index (χ3v) is 6.29. The Labute approximate surface area is 106 Å². The summed E-state index contributed by atoms with van der Waals surface area (Å²) in [6.07, 6.45) is 0. The fraction of sp³-hybridized carbons (Fsp3) is 0.600. The van der Waals surface area contributed by atoms with Crippen LogP contribution in [0, 0.1) is 0 Å². The molecule has 17 heavy (non-hydrogen) atoms. The van der Waals surface area contributed by atoms with E-state index < -0.39 is 10.0 Å².